The number of rotatable bonds is 8. The number of phenolic OH excluding ortho intramolecular Hbond substituents is 1. The summed E-state index contributed by atoms with van der Waals surface area (Å²) in [5.41, 5.74) is 5.04. The van der Waals surface area contributed by atoms with Crippen molar-refractivity contribution in [3.8, 4) is 11.5 Å². The lowest BCUT2D eigenvalue weighted by Crippen LogP contribution is -2.53. The summed E-state index contributed by atoms with van der Waals surface area (Å²) in [4.78, 5) is 69.8. The van der Waals surface area contributed by atoms with Crippen LogP contribution in [0.15, 0.2) is 84.4 Å². The molecule has 3 aromatic carbocycles. The number of carbonyl (C=O) groups excluding carboxylic acids is 4. The molecule has 3 aromatic rings. The lowest BCUT2D eigenvalue weighted by molar-refractivity contribution is -0.143. The Kier molecular flexibility index (Phi) is 7.57. The highest BCUT2D eigenvalue weighted by Crippen LogP contribution is 2.65. The van der Waals surface area contributed by atoms with Crippen molar-refractivity contribution in [2.75, 3.05) is 19.1 Å². The first-order valence-corrected chi connectivity index (χ1v) is 16.0. The summed E-state index contributed by atoms with van der Waals surface area (Å²) in [7, 11) is 1.46. The Morgan fingerprint density at radius 3 is 2.38 bits per heavy atom. The maximum absolute atomic E-state index is 15.2. The summed E-state index contributed by atoms with van der Waals surface area (Å²) in [6.07, 6.45) is 1.87. The minimum atomic E-state index is -1.48. The molecule has 6 unspecified atom stereocenters. The number of fused-ring (bicyclic) bond motifs is 4. The second kappa shape index (κ2) is 11.7. The van der Waals surface area contributed by atoms with E-state index in [1.165, 1.54) is 19.2 Å². The van der Waals surface area contributed by atoms with Gasteiger partial charge in [0.25, 0.3) is 11.8 Å². The largest absolute Gasteiger partial charge is 0.508 e. The molecule has 11 heteroatoms. The van der Waals surface area contributed by atoms with Gasteiger partial charge in [0.15, 0.2) is 0 Å². The van der Waals surface area contributed by atoms with Gasteiger partial charge in [-0.2, -0.15) is 5.01 Å². The van der Waals surface area contributed by atoms with Gasteiger partial charge >= 0.3 is 5.97 Å². The number of carboxylic acids is 1. The fraction of sp³-hybridized carbons (Fsp3) is 0.324. The minimum Gasteiger partial charge on any atom is -0.508 e. The van der Waals surface area contributed by atoms with Gasteiger partial charge < -0.3 is 14.9 Å². The Morgan fingerprint density at radius 2 is 1.69 bits per heavy atom. The number of likely N-dealkylation sites (tertiary alicyclic amines) is 1. The zero-order valence-corrected chi connectivity index (χ0v) is 26.5. The minimum absolute atomic E-state index is 0.0481. The zero-order chi connectivity index (χ0) is 33.9. The van der Waals surface area contributed by atoms with Gasteiger partial charge in [0.05, 0.1) is 42.4 Å². The number of phenols is 1. The topological polar surface area (TPSA) is 154 Å². The van der Waals surface area contributed by atoms with Crippen LogP contribution < -0.4 is 10.2 Å². The van der Waals surface area contributed by atoms with E-state index >= 15 is 4.79 Å². The smallest absolute Gasteiger partial charge is 0.305 e. The van der Waals surface area contributed by atoms with E-state index in [2.05, 4.69) is 5.43 Å². The molecule has 6 atom stereocenters. The molecule has 2 heterocycles. The number of hydrazine groups is 1. The van der Waals surface area contributed by atoms with Crippen LogP contribution in [-0.2, 0) is 29.4 Å². The molecule has 246 valence electrons. The van der Waals surface area contributed by atoms with Crippen LogP contribution >= 0.6 is 0 Å². The maximum atomic E-state index is 15.2. The molecule has 2 aliphatic carbocycles. The number of imide groups is 2. The summed E-state index contributed by atoms with van der Waals surface area (Å²) in [5, 5.41) is 20.8. The van der Waals surface area contributed by atoms with Crippen molar-refractivity contribution in [3.05, 3.63) is 101 Å². The standard InChI is InChI=1S/C37H35N3O8/c1-20-8-10-22(11-9-20)38-40-34(45)28-19-27-24(14-15-26-31(27)35(46)39(33(26)44)17-16-30(42)43)32(25-13-12-23(41)18-29(25)48-2)37(28,36(40)47)21-6-4-3-5-7-21/h3-14,18,26-28,31-32,38,41H,15-17,19H2,1-2H3,(H,42,43). The molecule has 2 saturated heterocycles. The number of carboxylic acid groups (broad SMARTS) is 1. The molecule has 2 aliphatic heterocycles. The number of hydrogen-bond donors (Lipinski definition) is 3. The van der Waals surface area contributed by atoms with Gasteiger partial charge in [-0.05, 0) is 49.4 Å². The number of carbonyl (C=O) groups is 5. The molecule has 48 heavy (non-hydrogen) atoms. The summed E-state index contributed by atoms with van der Waals surface area (Å²) in [6, 6.07) is 21.1. The molecular formula is C37H35N3O8. The van der Waals surface area contributed by atoms with Crippen LogP contribution in [0.3, 0.4) is 0 Å². The van der Waals surface area contributed by atoms with Crippen molar-refractivity contribution in [1.29, 1.82) is 0 Å². The average Bonchev–Trinajstić information content (AvgIpc) is 3.45. The van der Waals surface area contributed by atoms with Gasteiger partial charge in [0.2, 0.25) is 11.8 Å². The molecule has 3 fully saturated rings. The number of allylic oxidation sites excluding steroid dienone is 2. The number of anilines is 1. The number of nitrogens with zero attached hydrogens (tertiary/aromatic N) is 2. The Balaban J connectivity index is 1.44. The van der Waals surface area contributed by atoms with Gasteiger partial charge in [0, 0.05) is 24.1 Å². The number of nitrogens with one attached hydrogen (secondary N) is 1. The van der Waals surface area contributed by atoms with Gasteiger partial charge in [-0.1, -0.05) is 65.7 Å². The van der Waals surface area contributed by atoms with Crippen molar-refractivity contribution >= 4 is 35.3 Å². The molecule has 0 radical (unpaired) electrons. The lowest BCUT2D eigenvalue weighted by atomic mass is 9.49. The summed E-state index contributed by atoms with van der Waals surface area (Å²) >= 11 is 0. The molecule has 4 amide bonds. The highest BCUT2D eigenvalue weighted by molar-refractivity contribution is 6.13. The van der Waals surface area contributed by atoms with Crippen LogP contribution in [0.25, 0.3) is 0 Å². The van der Waals surface area contributed by atoms with E-state index in [1.807, 2.05) is 55.5 Å². The van der Waals surface area contributed by atoms with Gasteiger partial charge in [-0.25, -0.2) is 0 Å². The van der Waals surface area contributed by atoms with E-state index in [-0.39, 0.29) is 31.6 Å². The van der Waals surface area contributed by atoms with Crippen molar-refractivity contribution < 1.29 is 38.9 Å². The van der Waals surface area contributed by atoms with Crippen LogP contribution in [0.4, 0.5) is 5.69 Å². The summed E-state index contributed by atoms with van der Waals surface area (Å²) in [6.45, 7) is 1.70. The molecule has 0 spiro atoms. The third-order valence-electron chi connectivity index (χ3n) is 10.6. The normalized spacial score (nSPS) is 27.7. The first-order valence-electron chi connectivity index (χ1n) is 16.0. The molecule has 1 saturated carbocycles. The number of aliphatic carboxylic acids is 1. The number of methoxy groups -OCH3 is 1. The monoisotopic (exact) mass is 649 g/mol. The van der Waals surface area contributed by atoms with Crippen molar-refractivity contribution in [1.82, 2.24) is 9.91 Å². The van der Waals surface area contributed by atoms with Gasteiger partial charge in [0.1, 0.15) is 11.5 Å². The number of aryl methyl sites for hydroxylation is 1. The number of amides is 4. The molecule has 11 nitrogen and oxygen atoms in total. The Bertz CT molecular complexity index is 1870. The number of ether oxygens (including phenoxy) is 1. The SMILES string of the molecule is COc1cc(O)ccc1C1C2=CCC3C(=O)N(CCC(=O)O)C(=O)C3C2CC2C(=O)N(Nc3ccc(C)cc3)C(=O)C21c1ccccc1. The Hall–Kier alpha value is -5.45. The lowest BCUT2D eigenvalue weighted by Gasteiger charge is -2.50. The van der Waals surface area contributed by atoms with Crippen LogP contribution in [0.5, 0.6) is 11.5 Å². The third-order valence-corrected chi connectivity index (χ3v) is 10.6. The highest BCUT2D eigenvalue weighted by atomic mass is 16.5. The third kappa shape index (κ3) is 4.59. The second-order valence-corrected chi connectivity index (χ2v) is 13.0. The van der Waals surface area contributed by atoms with Crippen molar-refractivity contribution in [2.45, 2.75) is 37.5 Å². The van der Waals surface area contributed by atoms with Gasteiger partial charge in [-0.3, -0.25) is 34.3 Å². The number of hydrogen-bond acceptors (Lipinski definition) is 8. The molecule has 4 aliphatic rings. The Labute approximate surface area is 276 Å². The first kappa shape index (κ1) is 31.2. The van der Waals surface area contributed by atoms with E-state index in [0.29, 0.717) is 22.6 Å². The second-order valence-electron chi connectivity index (χ2n) is 13.0. The van der Waals surface area contributed by atoms with E-state index < -0.39 is 64.6 Å². The number of benzene rings is 3. The van der Waals surface area contributed by atoms with E-state index in [0.717, 1.165) is 21.0 Å². The van der Waals surface area contributed by atoms with Crippen LogP contribution in [0, 0.1) is 30.6 Å². The number of aromatic hydroxyl groups is 1. The predicted molar refractivity (Wildman–Crippen MR) is 172 cm³/mol. The van der Waals surface area contributed by atoms with E-state index in [9.17, 15) is 29.4 Å². The molecule has 3 N–H and O–H groups in total. The summed E-state index contributed by atoms with van der Waals surface area (Å²) < 4.78 is 5.78. The maximum Gasteiger partial charge on any atom is 0.305 e. The van der Waals surface area contributed by atoms with Gasteiger partial charge in [-0.15, -0.1) is 0 Å². The Morgan fingerprint density at radius 1 is 0.958 bits per heavy atom. The van der Waals surface area contributed by atoms with Crippen LogP contribution in [-0.4, -0.2) is 63.4 Å². The fourth-order valence-corrected chi connectivity index (χ4v) is 8.52. The van der Waals surface area contributed by atoms with E-state index in [4.69, 9.17) is 4.74 Å². The molecular weight excluding hydrogens is 614 g/mol. The fourth-order valence-electron chi connectivity index (χ4n) is 8.52. The molecule has 0 aromatic heterocycles. The van der Waals surface area contributed by atoms with Crippen LogP contribution in [0.1, 0.15) is 41.9 Å². The zero-order valence-electron chi connectivity index (χ0n) is 26.5. The van der Waals surface area contributed by atoms with E-state index in [1.54, 1.807) is 18.2 Å². The van der Waals surface area contributed by atoms with Crippen molar-refractivity contribution in [3.63, 3.8) is 0 Å². The first-order chi connectivity index (χ1) is 23.1. The molecule has 0 bridgehead atoms. The quantitative estimate of drug-likeness (QED) is 0.241. The van der Waals surface area contributed by atoms with Crippen molar-refractivity contribution in [2.24, 2.45) is 23.7 Å². The average molecular weight is 650 g/mol. The predicted octanol–water partition coefficient (Wildman–Crippen LogP) is 4.17. The molecule has 7 rings (SSSR count). The van der Waals surface area contributed by atoms with Crippen LogP contribution in [0.2, 0.25) is 0 Å². The highest BCUT2D eigenvalue weighted by Gasteiger charge is 2.70. The summed E-state index contributed by atoms with van der Waals surface area (Å²) in [5.74, 6) is -6.59.